The molecule has 18 heavy (non-hydrogen) atoms. The maximum absolute atomic E-state index is 5.59. The summed E-state index contributed by atoms with van der Waals surface area (Å²) in [5.74, 6) is 0. The van der Waals surface area contributed by atoms with Crippen LogP contribution in [0.4, 0.5) is 11.4 Å². The van der Waals surface area contributed by atoms with Crippen LogP contribution in [0.2, 0.25) is 0 Å². The fraction of sp³-hybridized carbons (Fsp3) is 0.200. The van der Waals surface area contributed by atoms with Gasteiger partial charge in [-0.25, -0.2) is 0 Å². The molecule has 2 aromatic rings. The summed E-state index contributed by atoms with van der Waals surface area (Å²) in [4.78, 5) is 0. The molecule has 0 aliphatic carbocycles. The molecule has 0 spiro atoms. The molecule has 3 heteroatoms. The van der Waals surface area contributed by atoms with Crippen molar-refractivity contribution in [3.8, 4) is 0 Å². The Balaban J connectivity index is 0.000000180. The number of halogens is 1. The van der Waals surface area contributed by atoms with Crippen molar-refractivity contribution in [2.75, 3.05) is 11.5 Å². The van der Waals surface area contributed by atoms with Crippen LogP contribution in [-0.2, 0) is 0 Å². The zero-order chi connectivity index (χ0) is 13.7. The number of anilines is 2. The van der Waals surface area contributed by atoms with Crippen molar-refractivity contribution >= 4 is 27.3 Å². The van der Waals surface area contributed by atoms with E-state index in [2.05, 4.69) is 28.9 Å². The summed E-state index contributed by atoms with van der Waals surface area (Å²) >= 11 is 3.34. The number of nitrogen functional groups attached to an aromatic ring is 2. The third kappa shape index (κ3) is 4.41. The van der Waals surface area contributed by atoms with Gasteiger partial charge >= 0.3 is 0 Å². The second kappa shape index (κ2) is 6.45. The van der Waals surface area contributed by atoms with Crippen molar-refractivity contribution in [3.63, 3.8) is 0 Å². The van der Waals surface area contributed by atoms with Crippen LogP contribution in [0.3, 0.4) is 0 Å². The average Bonchev–Trinajstić information content (AvgIpc) is 2.30. The van der Waals surface area contributed by atoms with E-state index in [1.807, 2.05) is 44.2 Å². The Morgan fingerprint density at radius 3 is 1.67 bits per heavy atom. The molecule has 0 radical (unpaired) electrons. The first-order chi connectivity index (χ1) is 8.40. The Morgan fingerprint density at radius 2 is 1.28 bits per heavy atom. The molecule has 0 fully saturated rings. The highest BCUT2D eigenvalue weighted by Crippen LogP contribution is 2.16. The van der Waals surface area contributed by atoms with Crippen LogP contribution in [0.1, 0.15) is 16.7 Å². The van der Waals surface area contributed by atoms with Gasteiger partial charge in [-0.1, -0.05) is 33.6 Å². The van der Waals surface area contributed by atoms with E-state index < -0.39 is 0 Å². The van der Waals surface area contributed by atoms with Gasteiger partial charge in [-0.05, 0) is 56.2 Å². The third-order valence-electron chi connectivity index (χ3n) is 2.66. The Kier molecular flexibility index (Phi) is 5.23. The molecule has 0 saturated heterocycles. The van der Waals surface area contributed by atoms with Crippen LogP contribution in [0, 0.1) is 20.8 Å². The lowest BCUT2D eigenvalue weighted by Gasteiger charge is -1.98. The molecule has 4 N–H and O–H groups in total. The zero-order valence-corrected chi connectivity index (χ0v) is 12.6. The number of hydrogen-bond acceptors (Lipinski definition) is 2. The van der Waals surface area contributed by atoms with Gasteiger partial charge in [-0.3, -0.25) is 0 Å². The monoisotopic (exact) mass is 306 g/mol. The predicted octanol–water partition coefficient (Wildman–Crippen LogP) is 4.23. The predicted molar refractivity (Wildman–Crippen MR) is 83.6 cm³/mol. The fourth-order valence-corrected chi connectivity index (χ4v) is 1.94. The van der Waals surface area contributed by atoms with Gasteiger partial charge in [-0.2, -0.15) is 0 Å². The first kappa shape index (κ1) is 14.6. The van der Waals surface area contributed by atoms with E-state index >= 15 is 0 Å². The zero-order valence-electron chi connectivity index (χ0n) is 11.0. The maximum Gasteiger partial charge on any atom is 0.0344 e. The first-order valence-electron chi connectivity index (χ1n) is 5.74. The number of hydrogen-bond donors (Lipinski definition) is 2. The summed E-state index contributed by atoms with van der Waals surface area (Å²) in [5, 5.41) is 0. The molecule has 0 bridgehead atoms. The molecule has 0 aliphatic rings. The summed E-state index contributed by atoms with van der Waals surface area (Å²) in [6.07, 6.45) is 0. The van der Waals surface area contributed by atoms with Crippen molar-refractivity contribution < 1.29 is 0 Å². The minimum absolute atomic E-state index is 0.846. The van der Waals surface area contributed by atoms with Crippen molar-refractivity contribution in [2.24, 2.45) is 0 Å². The number of aryl methyl sites for hydroxylation is 3. The second-order valence-electron chi connectivity index (χ2n) is 4.36. The summed E-state index contributed by atoms with van der Waals surface area (Å²) in [5.41, 5.74) is 16.4. The van der Waals surface area contributed by atoms with Crippen LogP contribution in [-0.4, -0.2) is 0 Å². The Bertz CT molecular complexity index is 487. The molecular formula is C15H19BrN2. The van der Waals surface area contributed by atoms with Crippen LogP contribution < -0.4 is 11.5 Å². The summed E-state index contributed by atoms with van der Waals surface area (Å²) in [7, 11) is 0. The van der Waals surface area contributed by atoms with Crippen LogP contribution in [0.5, 0.6) is 0 Å². The molecule has 2 rings (SSSR count). The third-order valence-corrected chi connectivity index (χ3v) is 3.15. The highest BCUT2D eigenvalue weighted by Gasteiger charge is 1.91. The topological polar surface area (TPSA) is 52.0 Å². The minimum Gasteiger partial charge on any atom is -0.399 e. The van der Waals surface area contributed by atoms with Gasteiger partial charge < -0.3 is 11.5 Å². The molecule has 0 heterocycles. The second-order valence-corrected chi connectivity index (χ2v) is 5.28. The molecule has 0 atom stereocenters. The smallest absolute Gasteiger partial charge is 0.0344 e. The van der Waals surface area contributed by atoms with Crippen LogP contribution >= 0.6 is 15.9 Å². The highest BCUT2D eigenvalue weighted by molar-refractivity contribution is 9.10. The minimum atomic E-state index is 0.846. The standard InChI is InChI=1S/C8H11N.C7H8BrN/c1-6-3-4-8(9)7(2)5-6;1-5-4-6(8)2-3-7(5)9/h3-5H,9H2,1-2H3;2-4H,9H2,1H3. The Morgan fingerprint density at radius 1 is 0.778 bits per heavy atom. The van der Waals surface area contributed by atoms with E-state index in [0.717, 1.165) is 27.0 Å². The summed E-state index contributed by atoms with van der Waals surface area (Å²) in [6, 6.07) is 11.8. The lowest BCUT2D eigenvalue weighted by Crippen LogP contribution is -1.88. The molecular weight excluding hydrogens is 288 g/mol. The van der Waals surface area contributed by atoms with Gasteiger partial charge in [0, 0.05) is 15.8 Å². The summed E-state index contributed by atoms with van der Waals surface area (Å²) in [6.45, 7) is 6.06. The van der Waals surface area contributed by atoms with E-state index in [0.29, 0.717) is 0 Å². The fourth-order valence-electron chi connectivity index (χ4n) is 1.46. The number of rotatable bonds is 0. The first-order valence-corrected chi connectivity index (χ1v) is 6.54. The van der Waals surface area contributed by atoms with Gasteiger partial charge in [0.2, 0.25) is 0 Å². The van der Waals surface area contributed by atoms with Gasteiger partial charge in [0.15, 0.2) is 0 Å². The van der Waals surface area contributed by atoms with Crippen LogP contribution in [0.15, 0.2) is 40.9 Å². The molecule has 2 aromatic carbocycles. The Labute approximate surface area is 117 Å². The van der Waals surface area contributed by atoms with Crippen molar-refractivity contribution in [1.82, 2.24) is 0 Å². The average molecular weight is 307 g/mol. The van der Waals surface area contributed by atoms with Crippen molar-refractivity contribution in [2.45, 2.75) is 20.8 Å². The van der Waals surface area contributed by atoms with Crippen molar-refractivity contribution in [3.05, 3.63) is 57.6 Å². The molecule has 96 valence electrons. The van der Waals surface area contributed by atoms with Gasteiger partial charge in [0.25, 0.3) is 0 Å². The lowest BCUT2D eigenvalue weighted by molar-refractivity contribution is 1.39. The molecule has 2 nitrogen and oxygen atoms in total. The van der Waals surface area contributed by atoms with E-state index in [1.54, 1.807) is 0 Å². The van der Waals surface area contributed by atoms with Crippen molar-refractivity contribution in [1.29, 1.82) is 0 Å². The Hall–Kier alpha value is -1.48. The molecule has 0 aliphatic heterocycles. The van der Waals surface area contributed by atoms with E-state index in [-0.39, 0.29) is 0 Å². The normalized spacial score (nSPS) is 9.56. The van der Waals surface area contributed by atoms with Crippen LogP contribution in [0.25, 0.3) is 0 Å². The largest absolute Gasteiger partial charge is 0.399 e. The number of nitrogens with two attached hydrogens (primary N) is 2. The maximum atomic E-state index is 5.59. The molecule has 0 saturated carbocycles. The van der Waals surface area contributed by atoms with E-state index in [4.69, 9.17) is 11.5 Å². The number of benzene rings is 2. The lowest BCUT2D eigenvalue weighted by atomic mass is 10.1. The van der Waals surface area contributed by atoms with Gasteiger partial charge in [0.05, 0.1) is 0 Å². The molecule has 0 aromatic heterocycles. The van der Waals surface area contributed by atoms with E-state index in [9.17, 15) is 0 Å². The van der Waals surface area contributed by atoms with Gasteiger partial charge in [-0.15, -0.1) is 0 Å². The van der Waals surface area contributed by atoms with Gasteiger partial charge in [0.1, 0.15) is 0 Å². The molecule has 0 unspecified atom stereocenters. The highest BCUT2D eigenvalue weighted by atomic mass is 79.9. The SMILES string of the molecule is Cc1cc(Br)ccc1N.Cc1ccc(N)c(C)c1. The van der Waals surface area contributed by atoms with E-state index in [1.165, 1.54) is 5.56 Å². The summed E-state index contributed by atoms with van der Waals surface area (Å²) < 4.78 is 1.08. The molecule has 0 amide bonds. The quantitative estimate of drug-likeness (QED) is 0.716.